The van der Waals surface area contributed by atoms with Crippen LogP contribution in [0.3, 0.4) is 0 Å². The van der Waals surface area contributed by atoms with Gasteiger partial charge in [0.05, 0.1) is 17.8 Å². The maximum absolute atomic E-state index is 14.1. The Bertz CT molecular complexity index is 1040. The lowest BCUT2D eigenvalue weighted by Gasteiger charge is -2.23. The molecule has 2 aromatic carbocycles. The van der Waals surface area contributed by atoms with Gasteiger partial charge in [-0.15, -0.1) is 0 Å². The van der Waals surface area contributed by atoms with Crippen LogP contribution >= 0.6 is 0 Å². The van der Waals surface area contributed by atoms with Crippen LogP contribution < -0.4 is 0 Å². The molecular weight excluding hydrogens is 372 g/mol. The monoisotopic (exact) mass is 395 g/mol. The number of nitrogens with zero attached hydrogens (tertiary/aromatic N) is 3. The standard InChI is InChI=1S/C23H23F2N3O/c1-15-21(16(2)28(26-15)20-6-4-3-5-7-20)13-23(29)27(19-10-11-19)14-17-8-9-18(24)12-22(17)25/h3-9,12,19H,10-11,13-14H2,1-2H3. The molecular formula is C23H23F2N3O. The van der Waals surface area contributed by atoms with Crippen molar-refractivity contribution in [2.45, 2.75) is 45.7 Å². The van der Waals surface area contributed by atoms with Gasteiger partial charge in [0, 0.05) is 35.5 Å². The molecule has 1 aliphatic rings. The molecule has 1 fully saturated rings. The van der Waals surface area contributed by atoms with Gasteiger partial charge in [-0.05, 0) is 44.9 Å². The number of para-hydroxylation sites is 1. The summed E-state index contributed by atoms with van der Waals surface area (Å²) >= 11 is 0. The van der Waals surface area contributed by atoms with E-state index in [2.05, 4.69) is 5.10 Å². The van der Waals surface area contributed by atoms with E-state index in [1.807, 2.05) is 48.9 Å². The second kappa shape index (κ2) is 7.78. The summed E-state index contributed by atoms with van der Waals surface area (Å²) in [6.45, 7) is 4.01. The molecule has 0 aliphatic heterocycles. The van der Waals surface area contributed by atoms with Crippen LogP contribution in [-0.2, 0) is 17.8 Å². The van der Waals surface area contributed by atoms with E-state index in [1.54, 1.807) is 4.90 Å². The highest BCUT2D eigenvalue weighted by Crippen LogP contribution is 2.30. The van der Waals surface area contributed by atoms with Crippen molar-refractivity contribution in [1.29, 1.82) is 0 Å². The first-order valence-electron chi connectivity index (χ1n) is 9.78. The molecule has 0 saturated heterocycles. The zero-order valence-electron chi connectivity index (χ0n) is 16.5. The van der Waals surface area contributed by atoms with Gasteiger partial charge < -0.3 is 4.90 Å². The zero-order chi connectivity index (χ0) is 20.5. The maximum Gasteiger partial charge on any atom is 0.227 e. The van der Waals surface area contributed by atoms with Crippen LogP contribution in [0.4, 0.5) is 8.78 Å². The fourth-order valence-electron chi connectivity index (χ4n) is 3.64. The quantitative estimate of drug-likeness (QED) is 0.616. The van der Waals surface area contributed by atoms with Crippen LogP contribution in [0.2, 0.25) is 0 Å². The Hall–Kier alpha value is -3.02. The van der Waals surface area contributed by atoms with Crippen LogP contribution in [0.1, 0.15) is 35.4 Å². The van der Waals surface area contributed by atoms with Crippen molar-refractivity contribution in [3.05, 3.63) is 82.7 Å². The summed E-state index contributed by atoms with van der Waals surface area (Å²) < 4.78 is 29.2. The number of hydrogen-bond donors (Lipinski definition) is 0. The molecule has 1 amide bonds. The van der Waals surface area contributed by atoms with Crippen LogP contribution in [0.5, 0.6) is 0 Å². The Morgan fingerprint density at radius 1 is 1.14 bits per heavy atom. The highest BCUT2D eigenvalue weighted by atomic mass is 19.1. The molecule has 0 bridgehead atoms. The molecule has 0 unspecified atom stereocenters. The number of carbonyl (C=O) groups is 1. The Kier molecular flexibility index (Phi) is 5.18. The number of carbonyl (C=O) groups excluding carboxylic acids is 1. The second-order valence-corrected chi connectivity index (χ2v) is 7.56. The third kappa shape index (κ3) is 4.06. The lowest BCUT2D eigenvalue weighted by atomic mass is 10.1. The lowest BCUT2D eigenvalue weighted by molar-refractivity contribution is -0.131. The molecule has 4 rings (SSSR count). The van der Waals surface area contributed by atoms with Gasteiger partial charge in [-0.25, -0.2) is 13.5 Å². The predicted molar refractivity (Wildman–Crippen MR) is 107 cm³/mol. The van der Waals surface area contributed by atoms with E-state index in [1.165, 1.54) is 12.1 Å². The topological polar surface area (TPSA) is 38.1 Å². The minimum atomic E-state index is -0.618. The van der Waals surface area contributed by atoms with E-state index in [4.69, 9.17) is 0 Å². The molecule has 4 nitrogen and oxygen atoms in total. The van der Waals surface area contributed by atoms with E-state index < -0.39 is 11.6 Å². The number of amides is 1. The van der Waals surface area contributed by atoms with Gasteiger partial charge in [-0.1, -0.05) is 24.3 Å². The maximum atomic E-state index is 14.1. The largest absolute Gasteiger partial charge is 0.335 e. The smallest absolute Gasteiger partial charge is 0.227 e. The summed E-state index contributed by atoms with van der Waals surface area (Å²) in [6, 6.07) is 13.4. The number of halogens is 2. The molecule has 29 heavy (non-hydrogen) atoms. The summed E-state index contributed by atoms with van der Waals surface area (Å²) in [6.07, 6.45) is 2.04. The van der Waals surface area contributed by atoms with Gasteiger partial charge in [-0.3, -0.25) is 4.79 Å². The van der Waals surface area contributed by atoms with Crippen molar-refractivity contribution < 1.29 is 13.6 Å². The number of benzene rings is 2. The third-order valence-corrected chi connectivity index (χ3v) is 5.43. The molecule has 1 heterocycles. The molecule has 1 saturated carbocycles. The van der Waals surface area contributed by atoms with Gasteiger partial charge in [0.15, 0.2) is 0 Å². The second-order valence-electron chi connectivity index (χ2n) is 7.56. The average molecular weight is 395 g/mol. The van der Waals surface area contributed by atoms with Crippen LogP contribution in [0.15, 0.2) is 48.5 Å². The molecule has 150 valence electrons. The van der Waals surface area contributed by atoms with Gasteiger partial charge in [0.2, 0.25) is 5.91 Å². The molecule has 0 N–H and O–H groups in total. The van der Waals surface area contributed by atoms with E-state index in [-0.39, 0.29) is 24.9 Å². The Morgan fingerprint density at radius 2 is 1.86 bits per heavy atom. The van der Waals surface area contributed by atoms with Crippen LogP contribution in [-0.4, -0.2) is 26.6 Å². The zero-order valence-corrected chi connectivity index (χ0v) is 16.5. The number of rotatable bonds is 6. The molecule has 6 heteroatoms. The Balaban J connectivity index is 1.57. The van der Waals surface area contributed by atoms with E-state index in [0.717, 1.165) is 41.5 Å². The highest BCUT2D eigenvalue weighted by Gasteiger charge is 2.33. The summed E-state index contributed by atoms with van der Waals surface area (Å²) in [5.41, 5.74) is 3.90. The Morgan fingerprint density at radius 3 is 2.52 bits per heavy atom. The summed E-state index contributed by atoms with van der Waals surface area (Å²) in [5.74, 6) is -1.29. The number of aromatic nitrogens is 2. The third-order valence-electron chi connectivity index (χ3n) is 5.43. The first-order valence-corrected chi connectivity index (χ1v) is 9.78. The summed E-state index contributed by atoms with van der Waals surface area (Å²) in [4.78, 5) is 14.8. The molecule has 1 aliphatic carbocycles. The number of aryl methyl sites for hydroxylation is 1. The van der Waals surface area contributed by atoms with Gasteiger partial charge in [0.1, 0.15) is 11.6 Å². The van der Waals surface area contributed by atoms with Gasteiger partial charge in [-0.2, -0.15) is 5.10 Å². The van der Waals surface area contributed by atoms with Gasteiger partial charge >= 0.3 is 0 Å². The molecule has 3 aromatic rings. The summed E-state index contributed by atoms with van der Waals surface area (Å²) in [5, 5.41) is 4.61. The fourth-order valence-corrected chi connectivity index (χ4v) is 3.64. The van der Waals surface area contributed by atoms with Crippen molar-refractivity contribution in [3.63, 3.8) is 0 Å². The van der Waals surface area contributed by atoms with Crippen LogP contribution in [0.25, 0.3) is 5.69 Å². The molecule has 0 spiro atoms. The van der Waals surface area contributed by atoms with E-state index in [9.17, 15) is 13.6 Å². The molecule has 0 atom stereocenters. The van der Waals surface area contributed by atoms with Crippen molar-refractivity contribution in [2.24, 2.45) is 0 Å². The van der Waals surface area contributed by atoms with Crippen LogP contribution in [0, 0.1) is 25.5 Å². The number of hydrogen-bond acceptors (Lipinski definition) is 2. The van der Waals surface area contributed by atoms with E-state index >= 15 is 0 Å². The first-order chi connectivity index (χ1) is 13.9. The van der Waals surface area contributed by atoms with Crippen molar-refractivity contribution in [1.82, 2.24) is 14.7 Å². The minimum Gasteiger partial charge on any atom is -0.335 e. The highest BCUT2D eigenvalue weighted by molar-refractivity contribution is 5.80. The molecule has 0 radical (unpaired) electrons. The SMILES string of the molecule is Cc1nn(-c2ccccc2)c(C)c1CC(=O)N(Cc1ccc(F)cc1F)C1CC1. The van der Waals surface area contributed by atoms with Crippen molar-refractivity contribution in [3.8, 4) is 5.69 Å². The van der Waals surface area contributed by atoms with Crippen molar-refractivity contribution >= 4 is 5.91 Å². The molecule has 1 aromatic heterocycles. The normalized spacial score (nSPS) is 13.5. The van der Waals surface area contributed by atoms with Gasteiger partial charge in [0.25, 0.3) is 0 Å². The van der Waals surface area contributed by atoms with E-state index in [0.29, 0.717) is 5.56 Å². The average Bonchev–Trinajstić information content (AvgIpc) is 3.50. The lowest BCUT2D eigenvalue weighted by Crippen LogP contribution is -2.34. The predicted octanol–water partition coefficient (Wildman–Crippen LogP) is 4.50. The Labute approximate surface area is 168 Å². The summed E-state index contributed by atoms with van der Waals surface area (Å²) in [7, 11) is 0. The minimum absolute atomic E-state index is 0.0602. The van der Waals surface area contributed by atoms with Crippen molar-refractivity contribution in [2.75, 3.05) is 0 Å². The fraction of sp³-hybridized carbons (Fsp3) is 0.304. The first kappa shape index (κ1) is 19.3.